The zero-order valence-electron chi connectivity index (χ0n) is 12.0. The first-order chi connectivity index (χ1) is 9.97. The van der Waals surface area contributed by atoms with Crippen molar-refractivity contribution in [1.29, 1.82) is 0 Å². The van der Waals surface area contributed by atoms with Crippen LogP contribution in [0.3, 0.4) is 0 Å². The Hall–Kier alpha value is -1.64. The predicted octanol–water partition coefficient (Wildman–Crippen LogP) is 1.49. The maximum atomic E-state index is 12.0. The Morgan fingerprint density at radius 1 is 1.19 bits per heavy atom. The van der Waals surface area contributed by atoms with Gasteiger partial charge in [-0.25, -0.2) is 13.1 Å². The minimum atomic E-state index is -3.69. The molecule has 116 valence electrons. The molecule has 0 unspecified atom stereocenters. The van der Waals surface area contributed by atoms with Gasteiger partial charge in [0.25, 0.3) is 10.0 Å². The monoisotopic (exact) mass is 313 g/mol. The topological polar surface area (TPSA) is 97.4 Å². The van der Waals surface area contributed by atoms with Gasteiger partial charge in [-0.3, -0.25) is 0 Å². The molecule has 0 aliphatic rings. The third-order valence-corrected chi connectivity index (χ3v) is 3.95. The lowest BCUT2D eigenvalue weighted by atomic mass is 10.2. The van der Waals surface area contributed by atoms with Gasteiger partial charge in [0.15, 0.2) is 5.76 Å². The maximum absolute atomic E-state index is 12.0. The molecule has 0 atom stereocenters. The van der Waals surface area contributed by atoms with Crippen LogP contribution in [0.25, 0.3) is 0 Å². The van der Waals surface area contributed by atoms with Crippen molar-refractivity contribution in [2.24, 2.45) is 5.92 Å². The third kappa shape index (κ3) is 4.69. The van der Waals surface area contributed by atoms with Gasteiger partial charge in [-0.15, -0.1) is 0 Å². The molecule has 2 heterocycles. The highest BCUT2D eigenvalue weighted by Gasteiger charge is 2.19. The highest BCUT2D eigenvalue weighted by Crippen LogP contribution is 2.14. The summed E-state index contributed by atoms with van der Waals surface area (Å²) >= 11 is 0. The maximum Gasteiger partial charge on any atom is 0.274 e. The molecule has 0 bridgehead atoms. The standard InChI is InChI=1S/C13H19N3O4S/c1-10(2)7-14-8-11-3-4-13(19-11)21(17,18)16-9-12-5-6-15-20-12/h3-6,10,14,16H,7-9H2,1-2H3. The number of hydrogen-bond acceptors (Lipinski definition) is 6. The van der Waals surface area contributed by atoms with E-state index in [1.54, 1.807) is 12.1 Å². The molecular weight excluding hydrogens is 294 g/mol. The lowest BCUT2D eigenvalue weighted by Crippen LogP contribution is -2.22. The van der Waals surface area contributed by atoms with Gasteiger partial charge < -0.3 is 14.3 Å². The number of nitrogens with zero attached hydrogens (tertiary/aromatic N) is 1. The molecule has 7 nitrogen and oxygen atoms in total. The first-order valence-corrected chi connectivity index (χ1v) is 8.14. The van der Waals surface area contributed by atoms with Gasteiger partial charge in [0.05, 0.1) is 19.3 Å². The molecule has 2 N–H and O–H groups in total. The van der Waals surface area contributed by atoms with Crippen molar-refractivity contribution in [1.82, 2.24) is 15.2 Å². The summed E-state index contributed by atoms with van der Waals surface area (Å²) in [6.45, 7) is 5.56. The van der Waals surface area contributed by atoms with Crippen LogP contribution in [0.2, 0.25) is 0 Å². The first-order valence-electron chi connectivity index (χ1n) is 6.66. The lowest BCUT2D eigenvalue weighted by molar-refractivity contribution is 0.376. The minimum absolute atomic E-state index is 0.0317. The summed E-state index contributed by atoms with van der Waals surface area (Å²) in [4.78, 5) is 0. The number of aromatic nitrogens is 1. The van der Waals surface area contributed by atoms with Crippen LogP contribution in [0, 0.1) is 5.92 Å². The van der Waals surface area contributed by atoms with Crippen molar-refractivity contribution in [2.75, 3.05) is 6.54 Å². The Morgan fingerprint density at radius 3 is 2.67 bits per heavy atom. The van der Waals surface area contributed by atoms with E-state index < -0.39 is 10.0 Å². The molecule has 8 heteroatoms. The molecule has 0 aliphatic heterocycles. The van der Waals surface area contributed by atoms with Crippen LogP contribution in [0.5, 0.6) is 0 Å². The summed E-state index contributed by atoms with van der Waals surface area (Å²) in [6.07, 6.45) is 1.45. The van der Waals surface area contributed by atoms with Crippen molar-refractivity contribution in [2.45, 2.75) is 32.0 Å². The molecule has 2 aromatic heterocycles. The zero-order valence-corrected chi connectivity index (χ0v) is 12.8. The number of furan rings is 1. The molecular formula is C13H19N3O4S. The Labute approximate surface area is 123 Å². The van der Waals surface area contributed by atoms with Gasteiger partial charge in [0, 0.05) is 6.07 Å². The second kappa shape index (κ2) is 6.88. The molecule has 0 radical (unpaired) electrons. The van der Waals surface area contributed by atoms with Crippen LogP contribution in [-0.2, 0) is 23.1 Å². The van der Waals surface area contributed by atoms with E-state index in [1.807, 2.05) is 0 Å². The van der Waals surface area contributed by atoms with Gasteiger partial charge in [-0.1, -0.05) is 19.0 Å². The van der Waals surface area contributed by atoms with E-state index >= 15 is 0 Å². The van der Waals surface area contributed by atoms with E-state index in [0.717, 1.165) is 6.54 Å². The fraction of sp³-hybridized carbons (Fsp3) is 0.462. The molecule has 2 rings (SSSR count). The van der Waals surface area contributed by atoms with Crippen LogP contribution in [-0.4, -0.2) is 20.1 Å². The predicted molar refractivity (Wildman–Crippen MR) is 75.8 cm³/mol. The van der Waals surface area contributed by atoms with E-state index in [2.05, 4.69) is 29.0 Å². The summed E-state index contributed by atoms with van der Waals surface area (Å²) in [6, 6.07) is 4.68. The number of hydrogen-bond donors (Lipinski definition) is 2. The molecule has 0 saturated heterocycles. The fourth-order valence-electron chi connectivity index (χ4n) is 1.65. The third-order valence-electron chi connectivity index (χ3n) is 2.68. The van der Waals surface area contributed by atoms with E-state index in [0.29, 0.717) is 24.0 Å². The van der Waals surface area contributed by atoms with Crippen molar-refractivity contribution >= 4 is 10.0 Å². The van der Waals surface area contributed by atoms with Crippen LogP contribution >= 0.6 is 0 Å². The zero-order chi connectivity index (χ0) is 15.3. The Bertz CT molecular complexity index is 647. The Kier molecular flexibility index (Phi) is 5.16. The molecule has 0 amide bonds. The van der Waals surface area contributed by atoms with Crippen LogP contribution in [0.15, 0.2) is 38.4 Å². The molecule has 0 aliphatic carbocycles. The molecule has 2 aromatic rings. The van der Waals surface area contributed by atoms with E-state index in [9.17, 15) is 8.42 Å². The summed E-state index contributed by atoms with van der Waals surface area (Å²) in [5.74, 6) is 1.53. The second-order valence-corrected chi connectivity index (χ2v) is 6.75. The molecule has 0 aromatic carbocycles. The SMILES string of the molecule is CC(C)CNCc1ccc(S(=O)(=O)NCc2ccno2)o1. The van der Waals surface area contributed by atoms with Crippen molar-refractivity contribution in [3.63, 3.8) is 0 Å². The highest BCUT2D eigenvalue weighted by molar-refractivity contribution is 7.89. The van der Waals surface area contributed by atoms with Gasteiger partial charge in [-0.2, -0.15) is 0 Å². The minimum Gasteiger partial charge on any atom is -0.447 e. The quantitative estimate of drug-likeness (QED) is 0.766. The largest absolute Gasteiger partial charge is 0.447 e. The average molecular weight is 313 g/mol. The van der Waals surface area contributed by atoms with Crippen molar-refractivity contribution in [3.05, 3.63) is 35.9 Å². The molecule has 0 spiro atoms. The van der Waals surface area contributed by atoms with Crippen LogP contribution in [0.1, 0.15) is 25.4 Å². The summed E-state index contributed by atoms with van der Waals surface area (Å²) < 4.78 is 36.6. The van der Waals surface area contributed by atoms with Crippen LogP contribution < -0.4 is 10.0 Å². The molecule has 0 saturated carbocycles. The Balaban J connectivity index is 1.92. The fourth-order valence-corrected chi connectivity index (χ4v) is 2.59. The van der Waals surface area contributed by atoms with Gasteiger partial charge in [0.2, 0.25) is 5.09 Å². The normalized spacial score (nSPS) is 12.1. The highest BCUT2D eigenvalue weighted by atomic mass is 32.2. The summed E-state index contributed by atoms with van der Waals surface area (Å²) in [5.41, 5.74) is 0. The summed E-state index contributed by atoms with van der Waals surface area (Å²) in [7, 11) is -3.69. The summed E-state index contributed by atoms with van der Waals surface area (Å²) in [5, 5.41) is 6.59. The molecule has 21 heavy (non-hydrogen) atoms. The molecule has 0 fully saturated rings. The second-order valence-electron chi connectivity index (χ2n) is 5.05. The van der Waals surface area contributed by atoms with E-state index in [1.165, 1.54) is 12.3 Å². The van der Waals surface area contributed by atoms with E-state index in [4.69, 9.17) is 8.94 Å². The Morgan fingerprint density at radius 2 is 2.00 bits per heavy atom. The average Bonchev–Trinajstić information content (AvgIpc) is 3.07. The van der Waals surface area contributed by atoms with Gasteiger partial charge in [0.1, 0.15) is 5.76 Å². The van der Waals surface area contributed by atoms with Gasteiger partial charge in [-0.05, 0) is 24.6 Å². The van der Waals surface area contributed by atoms with E-state index in [-0.39, 0.29) is 11.6 Å². The van der Waals surface area contributed by atoms with Crippen molar-refractivity contribution < 1.29 is 17.4 Å². The lowest BCUT2D eigenvalue weighted by Gasteiger charge is -2.05. The van der Waals surface area contributed by atoms with Crippen molar-refractivity contribution in [3.8, 4) is 0 Å². The number of nitrogens with one attached hydrogen (secondary N) is 2. The van der Waals surface area contributed by atoms with Crippen LogP contribution in [0.4, 0.5) is 0 Å². The van der Waals surface area contributed by atoms with Gasteiger partial charge >= 0.3 is 0 Å². The number of sulfonamides is 1. The first kappa shape index (κ1) is 15.7. The number of rotatable bonds is 8. The smallest absolute Gasteiger partial charge is 0.274 e.